The molecule has 0 saturated carbocycles. The molecule has 25 heavy (non-hydrogen) atoms. The van der Waals surface area contributed by atoms with Gasteiger partial charge in [0.1, 0.15) is 0 Å². The van der Waals surface area contributed by atoms with E-state index in [9.17, 15) is 9.59 Å². The van der Waals surface area contributed by atoms with E-state index in [0.29, 0.717) is 35.1 Å². The number of carbonyl (C=O) groups excluding carboxylic acids is 2. The number of anilines is 2. The summed E-state index contributed by atoms with van der Waals surface area (Å²) >= 11 is 0. The Morgan fingerprint density at radius 1 is 1.16 bits per heavy atom. The van der Waals surface area contributed by atoms with Gasteiger partial charge in [0.05, 0.1) is 29.6 Å². The van der Waals surface area contributed by atoms with Gasteiger partial charge in [0.15, 0.2) is 0 Å². The van der Waals surface area contributed by atoms with E-state index >= 15 is 0 Å². The smallest absolute Gasteiger partial charge is 0.253 e. The number of rotatable bonds is 6. The van der Waals surface area contributed by atoms with Gasteiger partial charge in [0.25, 0.3) is 5.91 Å². The molecule has 0 unspecified atom stereocenters. The van der Waals surface area contributed by atoms with Gasteiger partial charge in [0.2, 0.25) is 5.91 Å². The summed E-state index contributed by atoms with van der Waals surface area (Å²) in [6.07, 6.45) is 1.62. The lowest BCUT2D eigenvalue weighted by molar-refractivity contribution is -0.115. The highest BCUT2D eigenvalue weighted by molar-refractivity contribution is 6.04. The molecule has 2 amide bonds. The zero-order valence-corrected chi connectivity index (χ0v) is 15.1. The second-order valence-corrected chi connectivity index (χ2v) is 5.96. The first-order chi connectivity index (χ1) is 11.5. The quantitative estimate of drug-likeness (QED) is 0.735. The van der Waals surface area contributed by atoms with E-state index in [2.05, 4.69) is 15.6 Å². The van der Waals surface area contributed by atoms with Crippen LogP contribution in [0.15, 0.2) is 42.6 Å². The molecular formula is C18H23ClN4O2. The lowest BCUT2D eigenvalue weighted by Gasteiger charge is -2.12. The van der Waals surface area contributed by atoms with Crippen molar-refractivity contribution in [3.8, 4) is 0 Å². The minimum absolute atomic E-state index is 0. The third-order valence-electron chi connectivity index (χ3n) is 3.31. The Bertz CT molecular complexity index is 717. The lowest BCUT2D eigenvalue weighted by atomic mass is 10.1. The molecule has 1 aromatic heterocycles. The van der Waals surface area contributed by atoms with E-state index in [1.54, 1.807) is 36.4 Å². The van der Waals surface area contributed by atoms with Crippen LogP contribution in [0.1, 0.15) is 29.9 Å². The molecule has 4 N–H and O–H groups in total. The van der Waals surface area contributed by atoms with Crippen molar-refractivity contribution >= 4 is 35.6 Å². The summed E-state index contributed by atoms with van der Waals surface area (Å²) in [5.74, 6) is -0.0890. The van der Waals surface area contributed by atoms with E-state index < -0.39 is 0 Å². The molecule has 0 saturated heterocycles. The van der Waals surface area contributed by atoms with Crippen molar-refractivity contribution in [2.45, 2.75) is 20.3 Å². The second kappa shape index (κ2) is 9.64. The van der Waals surface area contributed by atoms with Gasteiger partial charge in [-0.2, -0.15) is 0 Å². The van der Waals surface area contributed by atoms with E-state index in [4.69, 9.17) is 5.73 Å². The van der Waals surface area contributed by atoms with E-state index in [1.807, 2.05) is 13.8 Å². The lowest BCUT2D eigenvalue weighted by Crippen LogP contribution is -2.28. The monoisotopic (exact) mass is 362 g/mol. The summed E-state index contributed by atoms with van der Waals surface area (Å²) in [5.41, 5.74) is 7.67. The van der Waals surface area contributed by atoms with Gasteiger partial charge in [-0.05, 0) is 30.2 Å². The molecule has 7 heteroatoms. The Balaban J connectivity index is 0.00000312. The summed E-state index contributed by atoms with van der Waals surface area (Å²) < 4.78 is 0. The molecule has 1 heterocycles. The number of halogens is 1. The van der Waals surface area contributed by atoms with Crippen molar-refractivity contribution in [2.24, 2.45) is 5.92 Å². The molecule has 0 spiro atoms. The molecule has 6 nitrogen and oxygen atoms in total. The summed E-state index contributed by atoms with van der Waals surface area (Å²) in [4.78, 5) is 28.6. The minimum atomic E-state index is -0.239. The van der Waals surface area contributed by atoms with Crippen molar-refractivity contribution in [1.82, 2.24) is 10.3 Å². The number of nitrogens with two attached hydrogens (primary N) is 1. The molecule has 0 aliphatic carbocycles. The van der Waals surface area contributed by atoms with Gasteiger partial charge in [-0.15, -0.1) is 12.4 Å². The SMILES string of the molecule is CC(C)CNC(=O)c1ccccc1NC(=O)Cc1ccc(N)cn1.Cl. The molecular weight excluding hydrogens is 340 g/mol. The predicted octanol–water partition coefficient (Wildman–Crippen LogP) is 2.65. The molecule has 0 aliphatic rings. The fraction of sp³-hybridized carbons (Fsp3) is 0.278. The van der Waals surface area contributed by atoms with E-state index in [0.717, 1.165) is 0 Å². The molecule has 0 atom stereocenters. The number of amides is 2. The average molecular weight is 363 g/mol. The maximum atomic E-state index is 12.3. The van der Waals surface area contributed by atoms with Crippen LogP contribution >= 0.6 is 12.4 Å². The van der Waals surface area contributed by atoms with Crippen molar-refractivity contribution in [1.29, 1.82) is 0 Å². The van der Waals surface area contributed by atoms with Crippen LogP contribution in [0.5, 0.6) is 0 Å². The van der Waals surface area contributed by atoms with Crippen LogP contribution < -0.4 is 16.4 Å². The number of hydrogen-bond acceptors (Lipinski definition) is 4. The number of para-hydroxylation sites is 1. The minimum Gasteiger partial charge on any atom is -0.397 e. The van der Waals surface area contributed by atoms with Crippen LogP contribution in [-0.2, 0) is 11.2 Å². The largest absolute Gasteiger partial charge is 0.397 e. The molecule has 0 radical (unpaired) electrons. The molecule has 0 bridgehead atoms. The Morgan fingerprint density at radius 2 is 1.88 bits per heavy atom. The summed E-state index contributed by atoms with van der Waals surface area (Å²) in [7, 11) is 0. The normalized spacial score (nSPS) is 10.0. The molecule has 2 aromatic rings. The number of benzene rings is 1. The van der Waals surface area contributed by atoms with Gasteiger partial charge < -0.3 is 16.4 Å². The second-order valence-electron chi connectivity index (χ2n) is 5.96. The zero-order valence-electron chi connectivity index (χ0n) is 14.3. The van der Waals surface area contributed by atoms with Gasteiger partial charge >= 0.3 is 0 Å². The van der Waals surface area contributed by atoms with Crippen molar-refractivity contribution in [3.05, 3.63) is 53.9 Å². The zero-order chi connectivity index (χ0) is 17.5. The molecule has 0 aliphatic heterocycles. The van der Waals surface area contributed by atoms with Crippen LogP contribution in [-0.4, -0.2) is 23.3 Å². The van der Waals surface area contributed by atoms with Crippen molar-refractivity contribution in [3.63, 3.8) is 0 Å². The van der Waals surface area contributed by atoms with Gasteiger partial charge in [0, 0.05) is 12.2 Å². The van der Waals surface area contributed by atoms with Crippen molar-refractivity contribution in [2.75, 3.05) is 17.6 Å². The predicted molar refractivity (Wildman–Crippen MR) is 102 cm³/mol. The van der Waals surface area contributed by atoms with Crippen LogP contribution in [0.25, 0.3) is 0 Å². The van der Waals surface area contributed by atoms with Crippen LogP contribution in [0.4, 0.5) is 11.4 Å². The maximum absolute atomic E-state index is 12.3. The number of aromatic nitrogens is 1. The third-order valence-corrected chi connectivity index (χ3v) is 3.31. The summed E-state index contributed by atoms with van der Waals surface area (Å²) in [5, 5.41) is 5.62. The maximum Gasteiger partial charge on any atom is 0.253 e. The number of nitrogens with zero attached hydrogens (tertiary/aromatic N) is 1. The fourth-order valence-electron chi connectivity index (χ4n) is 2.08. The van der Waals surface area contributed by atoms with Crippen LogP contribution in [0.3, 0.4) is 0 Å². The first kappa shape index (κ1) is 20.4. The molecule has 1 aromatic carbocycles. The molecule has 134 valence electrons. The molecule has 2 rings (SSSR count). The van der Waals surface area contributed by atoms with E-state index in [1.165, 1.54) is 6.20 Å². The highest BCUT2D eigenvalue weighted by Gasteiger charge is 2.13. The summed E-state index contributed by atoms with van der Waals surface area (Å²) in [6, 6.07) is 10.3. The van der Waals surface area contributed by atoms with Crippen LogP contribution in [0, 0.1) is 5.92 Å². The Morgan fingerprint density at radius 3 is 2.52 bits per heavy atom. The van der Waals surface area contributed by atoms with Gasteiger partial charge in [-0.3, -0.25) is 14.6 Å². The Kier molecular flexibility index (Phi) is 7.88. The first-order valence-corrected chi connectivity index (χ1v) is 7.83. The number of pyridine rings is 1. The topological polar surface area (TPSA) is 97.1 Å². The van der Waals surface area contributed by atoms with Crippen LogP contribution in [0.2, 0.25) is 0 Å². The molecule has 0 fully saturated rings. The average Bonchev–Trinajstić information content (AvgIpc) is 2.55. The summed E-state index contributed by atoms with van der Waals surface area (Å²) in [6.45, 7) is 4.62. The Hall–Kier alpha value is -2.60. The highest BCUT2D eigenvalue weighted by atomic mass is 35.5. The fourth-order valence-corrected chi connectivity index (χ4v) is 2.08. The standard InChI is InChI=1S/C18H22N4O2.ClH/c1-12(2)10-21-18(24)15-5-3-4-6-16(15)22-17(23)9-14-8-7-13(19)11-20-14;/h3-8,11-12H,9-10,19H2,1-2H3,(H,21,24)(H,22,23);1H. The van der Waals surface area contributed by atoms with Crippen molar-refractivity contribution < 1.29 is 9.59 Å². The van der Waals surface area contributed by atoms with Gasteiger partial charge in [-0.25, -0.2) is 0 Å². The number of nitrogen functional groups attached to an aromatic ring is 1. The third kappa shape index (κ3) is 6.43. The highest BCUT2D eigenvalue weighted by Crippen LogP contribution is 2.15. The van der Waals surface area contributed by atoms with Gasteiger partial charge in [-0.1, -0.05) is 26.0 Å². The number of carbonyl (C=O) groups is 2. The number of nitrogens with one attached hydrogen (secondary N) is 2. The van der Waals surface area contributed by atoms with E-state index in [-0.39, 0.29) is 30.6 Å². The Labute approximate surface area is 153 Å². The first-order valence-electron chi connectivity index (χ1n) is 7.83. The number of hydrogen-bond donors (Lipinski definition) is 3.